The van der Waals surface area contributed by atoms with Crippen LogP contribution in [0.25, 0.3) is 11.4 Å². The van der Waals surface area contributed by atoms with Crippen LogP contribution in [0.3, 0.4) is 0 Å². The Morgan fingerprint density at radius 2 is 1.50 bits per heavy atom. The van der Waals surface area contributed by atoms with Gasteiger partial charge in [-0.15, -0.1) is 0 Å². The number of fused-ring (bicyclic) bond motifs is 2. The van der Waals surface area contributed by atoms with Gasteiger partial charge in [-0.25, -0.2) is 4.79 Å². The number of aromatic nitrogens is 3. The van der Waals surface area contributed by atoms with E-state index in [4.69, 9.17) is 29.2 Å². The third-order valence-electron chi connectivity index (χ3n) is 7.70. The minimum absolute atomic E-state index is 0.286. The lowest BCUT2D eigenvalue weighted by Crippen LogP contribution is -2.47. The summed E-state index contributed by atoms with van der Waals surface area (Å²) in [5, 5.41) is 5.75. The molecule has 6 rings (SSSR count). The first kappa shape index (κ1) is 28.1. The standard InChI is InChI=1S/C30H38N8O4/c1-36(2)13-18-42-26-11-7-23(8-12-26)32-30(39)31-22-5-3-21(4-6-22)27-33-28(37-14-16-40-17-15-37)35-29(34-27)38-24-9-10-25(38)20-41-19-24/h3-8,11-12,24-25H,9-10,13-20H2,1-2H3,(H2,31,32,39). The van der Waals surface area contributed by atoms with Crippen molar-refractivity contribution in [2.45, 2.75) is 24.9 Å². The van der Waals surface area contributed by atoms with Gasteiger partial charge in [0.25, 0.3) is 0 Å². The molecule has 2 N–H and O–H groups in total. The number of ether oxygens (including phenoxy) is 3. The van der Waals surface area contributed by atoms with E-state index in [1.807, 2.05) is 62.6 Å². The largest absolute Gasteiger partial charge is 0.492 e. The summed E-state index contributed by atoms with van der Waals surface area (Å²) in [7, 11) is 4.01. The van der Waals surface area contributed by atoms with E-state index in [1.165, 1.54) is 0 Å². The van der Waals surface area contributed by atoms with E-state index in [9.17, 15) is 4.79 Å². The number of morpholine rings is 2. The summed E-state index contributed by atoms with van der Waals surface area (Å²) in [5.74, 6) is 2.74. The van der Waals surface area contributed by atoms with Gasteiger partial charge >= 0.3 is 6.03 Å². The number of carbonyl (C=O) groups excluding carboxylic acids is 1. The van der Waals surface area contributed by atoms with Gasteiger partial charge in [-0.3, -0.25) is 0 Å². The Labute approximate surface area is 246 Å². The molecular weight excluding hydrogens is 536 g/mol. The molecule has 2 amide bonds. The highest BCUT2D eigenvalue weighted by atomic mass is 16.5. The number of hydrogen-bond donors (Lipinski definition) is 2. The van der Waals surface area contributed by atoms with Crippen LogP contribution in [0.1, 0.15) is 12.8 Å². The molecule has 222 valence electrons. The van der Waals surface area contributed by atoms with E-state index in [0.717, 1.165) is 43.8 Å². The van der Waals surface area contributed by atoms with Crippen LogP contribution in [0.4, 0.5) is 28.1 Å². The van der Waals surface area contributed by atoms with Crippen LogP contribution in [0, 0.1) is 0 Å². The number of likely N-dealkylation sites (N-methyl/N-ethyl adjacent to an activating group) is 1. The Morgan fingerprint density at radius 3 is 2.14 bits per heavy atom. The minimum Gasteiger partial charge on any atom is -0.492 e. The normalized spacial score (nSPS) is 20.1. The van der Waals surface area contributed by atoms with Crippen LogP contribution in [-0.4, -0.2) is 105 Å². The number of hydrogen-bond acceptors (Lipinski definition) is 10. The monoisotopic (exact) mass is 574 g/mol. The van der Waals surface area contributed by atoms with Crippen molar-refractivity contribution in [1.29, 1.82) is 0 Å². The zero-order valence-corrected chi connectivity index (χ0v) is 24.2. The van der Waals surface area contributed by atoms with Gasteiger partial charge in [-0.2, -0.15) is 15.0 Å². The Bertz CT molecular complexity index is 1330. The molecule has 2 bridgehead atoms. The molecule has 12 nitrogen and oxygen atoms in total. The van der Waals surface area contributed by atoms with Gasteiger partial charge in [0.2, 0.25) is 11.9 Å². The van der Waals surface area contributed by atoms with Crippen LogP contribution in [0.2, 0.25) is 0 Å². The third-order valence-corrected chi connectivity index (χ3v) is 7.70. The van der Waals surface area contributed by atoms with Gasteiger partial charge in [-0.05, 0) is 75.5 Å². The van der Waals surface area contributed by atoms with Crippen LogP contribution in [0.15, 0.2) is 48.5 Å². The minimum atomic E-state index is -0.330. The second kappa shape index (κ2) is 12.9. The maximum Gasteiger partial charge on any atom is 0.323 e. The van der Waals surface area contributed by atoms with E-state index in [0.29, 0.717) is 62.1 Å². The van der Waals surface area contributed by atoms with Crippen molar-refractivity contribution in [3.63, 3.8) is 0 Å². The number of benzene rings is 2. The summed E-state index contributed by atoms with van der Waals surface area (Å²) in [6, 6.07) is 15.1. The van der Waals surface area contributed by atoms with Crippen LogP contribution in [-0.2, 0) is 9.47 Å². The van der Waals surface area contributed by atoms with Gasteiger partial charge in [0.05, 0.1) is 38.5 Å². The fourth-order valence-electron chi connectivity index (χ4n) is 5.43. The highest BCUT2D eigenvalue weighted by Gasteiger charge is 2.39. The SMILES string of the molecule is CN(C)CCOc1ccc(NC(=O)Nc2ccc(-c3nc(N4CCOCC4)nc(N4C5CCC4COC5)n3)cc2)cc1. The highest BCUT2D eigenvalue weighted by molar-refractivity contribution is 5.99. The summed E-state index contributed by atoms with van der Waals surface area (Å²) in [6.45, 7) is 5.60. The molecule has 0 saturated carbocycles. The Hall–Kier alpha value is -4.00. The first-order chi connectivity index (χ1) is 20.5. The third kappa shape index (κ3) is 6.72. The van der Waals surface area contributed by atoms with Crippen molar-refractivity contribution in [2.75, 3.05) is 87.2 Å². The number of rotatable bonds is 9. The molecule has 2 unspecified atom stereocenters. The first-order valence-corrected chi connectivity index (χ1v) is 14.5. The van der Waals surface area contributed by atoms with E-state index < -0.39 is 0 Å². The number of urea groups is 1. The number of carbonyl (C=O) groups is 1. The predicted molar refractivity (Wildman–Crippen MR) is 162 cm³/mol. The number of amides is 2. The second-order valence-electron chi connectivity index (χ2n) is 11.0. The molecule has 3 saturated heterocycles. The molecule has 1 aromatic heterocycles. The molecule has 0 radical (unpaired) electrons. The van der Waals surface area contributed by atoms with Gasteiger partial charge in [-0.1, -0.05) is 0 Å². The summed E-state index contributed by atoms with van der Waals surface area (Å²) < 4.78 is 17.1. The summed E-state index contributed by atoms with van der Waals surface area (Å²) in [4.78, 5) is 33.9. The van der Waals surface area contributed by atoms with Crippen molar-refractivity contribution in [3.8, 4) is 17.1 Å². The fourth-order valence-corrected chi connectivity index (χ4v) is 5.43. The number of anilines is 4. The topological polar surface area (TPSA) is 117 Å². The number of nitrogens with zero attached hydrogens (tertiary/aromatic N) is 6. The molecule has 12 heteroatoms. The number of nitrogens with one attached hydrogen (secondary N) is 2. The molecule has 3 aliphatic rings. The second-order valence-corrected chi connectivity index (χ2v) is 11.0. The highest BCUT2D eigenvalue weighted by Crippen LogP contribution is 2.34. The lowest BCUT2D eigenvalue weighted by Gasteiger charge is -2.35. The maximum atomic E-state index is 12.7. The summed E-state index contributed by atoms with van der Waals surface area (Å²) >= 11 is 0. The van der Waals surface area contributed by atoms with Crippen LogP contribution in [0.5, 0.6) is 5.75 Å². The van der Waals surface area contributed by atoms with E-state index >= 15 is 0 Å². The Balaban J connectivity index is 1.13. The van der Waals surface area contributed by atoms with Gasteiger partial charge in [0.1, 0.15) is 12.4 Å². The average molecular weight is 575 g/mol. The zero-order chi connectivity index (χ0) is 28.9. The molecule has 42 heavy (non-hydrogen) atoms. The molecule has 0 spiro atoms. The molecule has 3 aromatic rings. The Kier molecular flexibility index (Phi) is 8.63. The fraction of sp³-hybridized carbons (Fsp3) is 0.467. The van der Waals surface area contributed by atoms with Gasteiger partial charge < -0.3 is 39.5 Å². The van der Waals surface area contributed by atoms with Gasteiger partial charge in [0.15, 0.2) is 5.82 Å². The summed E-state index contributed by atoms with van der Waals surface area (Å²) in [6.07, 6.45) is 2.16. The quantitative estimate of drug-likeness (QED) is 0.394. The van der Waals surface area contributed by atoms with E-state index in [2.05, 4.69) is 25.3 Å². The molecule has 0 aliphatic carbocycles. The maximum absolute atomic E-state index is 12.7. The van der Waals surface area contributed by atoms with Crippen molar-refractivity contribution in [2.24, 2.45) is 0 Å². The molecule has 3 fully saturated rings. The van der Waals surface area contributed by atoms with Gasteiger partial charge in [0, 0.05) is 36.6 Å². The van der Waals surface area contributed by atoms with Crippen LogP contribution < -0.4 is 25.2 Å². The zero-order valence-electron chi connectivity index (χ0n) is 24.2. The Morgan fingerprint density at radius 1 is 0.881 bits per heavy atom. The smallest absolute Gasteiger partial charge is 0.323 e. The molecule has 3 aliphatic heterocycles. The van der Waals surface area contributed by atoms with Crippen molar-refractivity contribution in [3.05, 3.63) is 48.5 Å². The summed E-state index contributed by atoms with van der Waals surface area (Å²) in [5.41, 5.74) is 2.19. The predicted octanol–water partition coefficient (Wildman–Crippen LogP) is 3.33. The average Bonchev–Trinajstić information content (AvgIpc) is 3.26. The molecule has 2 atom stereocenters. The van der Waals surface area contributed by atoms with E-state index in [-0.39, 0.29) is 18.1 Å². The van der Waals surface area contributed by atoms with Crippen molar-refractivity contribution < 1.29 is 19.0 Å². The first-order valence-electron chi connectivity index (χ1n) is 14.5. The van der Waals surface area contributed by atoms with Crippen molar-refractivity contribution >= 4 is 29.3 Å². The van der Waals surface area contributed by atoms with Crippen molar-refractivity contribution in [1.82, 2.24) is 19.9 Å². The van der Waals surface area contributed by atoms with E-state index in [1.54, 1.807) is 0 Å². The van der Waals surface area contributed by atoms with Crippen LogP contribution >= 0.6 is 0 Å². The molecule has 2 aromatic carbocycles. The lowest BCUT2D eigenvalue weighted by atomic mass is 10.2. The molecule has 4 heterocycles. The lowest BCUT2D eigenvalue weighted by molar-refractivity contribution is 0.0897. The molecular formula is C30H38N8O4.